The van der Waals surface area contributed by atoms with Crippen LogP contribution in [-0.2, 0) is 0 Å². The summed E-state index contributed by atoms with van der Waals surface area (Å²) in [6, 6.07) is 0. The van der Waals surface area contributed by atoms with Crippen LogP contribution in [0.2, 0.25) is 0 Å². The van der Waals surface area contributed by atoms with E-state index in [4.69, 9.17) is 0 Å². The highest BCUT2D eigenvalue weighted by atomic mass is 14.8. The van der Waals surface area contributed by atoms with Gasteiger partial charge >= 0.3 is 0 Å². The summed E-state index contributed by atoms with van der Waals surface area (Å²) in [5.41, 5.74) is 1.56. The summed E-state index contributed by atoms with van der Waals surface area (Å²) in [6.45, 7) is 3.45. The molecule has 0 N–H and O–H groups in total. The summed E-state index contributed by atoms with van der Waals surface area (Å²) in [6.07, 6.45) is 6.99. The molecule has 0 aromatic carbocycles. The predicted molar refractivity (Wildman–Crippen MR) is 48.0 cm³/mol. The lowest BCUT2D eigenvalue weighted by Crippen LogP contribution is -2.29. The number of hydrogen-bond acceptors (Lipinski definition) is 1. The highest BCUT2D eigenvalue weighted by molar-refractivity contribution is 5.89. The minimum atomic E-state index is 0.800. The molecular weight excluding hydrogens is 134 g/mol. The zero-order valence-electron chi connectivity index (χ0n) is 7.34. The van der Waals surface area contributed by atoms with Crippen LogP contribution in [-0.4, -0.2) is 12.3 Å². The van der Waals surface area contributed by atoms with Crippen molar-refractivity contribution >= 4 is 5.71 Å². The van der Waals surface area contributed by atoms with Gasteiger partial charge in [0, 0.05) is 12.3 Å². The molecule has 1 heterocycles. The second-order valence-corrected chi connectivity index (χ2v) is 3.98. The predicted octanol–water partition coefficient (Wildman–Crippen LogP) is 2.66. The first kappa shape index (κ1) is 7.33. The Morgan fingerprint density at radius 3 is 2.82 bits per heavy atom. The summed E-state index contributed by atoms with van der Waals surface area (Å²) in [5, 5.41) is 0. The van der Waals surface area contributed by atoms with Crippen molar-refractivity contribution in [3.8, 4) is 0 Å². The van der Waals surface area contributed by atoms with Crippen LogP contribution in [0.1, 0.15) is 39.0 Å². The van der Waals surface area contributed by atoms with Crippen molar-refractivity contribution in [3.63, 3.8) is 0 Å². The van der Waals surface area contributed by atoms with E-state index in [-0.39, 0.29) is 0 Å². The maximum atomic E-state index is 4.65. The van der Waals surface area contributed by atoms with Crippen molar-refractivity contribution in [3.05, 3.63) is 0 Å². The number of nitrogens with zero attached hydrogens (tertiary/aromatic N) is 1. The van der Waals surface area contributed by atoms with Crippen molar-refractivity contribution in [2.75, 3.05) is 6.54 Å². The number of aliphatic imine (C=N–C) groups is 1. The molecule has 1 saturated carbocycles. The Hall–Kier alpha value is -0.330. The van der Waals surface area contributed by atoms with E-state index in [1.54, 1.807) is 5.71 Å². The first-order valence-corrected chi connectivity index (χ1v) is 4.92. The lowest BCUT2D eigenvalue weighted by atomic mass is 9.77. The zero-order chi connectivity index (χ0) is 7.68. The maximum absolute atomic E-state index is 4.65. The Morgan fingerprint density at radius 1 is 1.18 bits per heavy atom. The molecule has 11 heavy (non-hydrogen) atoms. The Labute approximate surface area is 68.9 Å². The minimum absolute atomic E-state index is 0.800. The van der Waals surface area contributed by atoms with Gasteiger partial charge in [-0.3, -0.25) is 4.99 Å². The molecule has 1 heteroatoms. The van der Waals surface area contributed by atoms with Crippen LogP contribution in [0, 0.1) is 11.8 Å². The second-order valence-electron chi connectivity index (χ2n) is 3.98. The summed E-state index contributed by atoms with van der Waals surface area (Å²) in [7, 11) is 0. The van der Waals surface area contributed by atoms with Crippen LogP contribution in [0.15, 0.2) is 4.99 Å². The lowest BCUT2D eigenvalue weighted by molar-refractivity contribution is 0.422. The quantitative estimate of drug-likeness (QED) is 0.504. The van der Waals surface area contributed by atoms with Crippen molar-refractivity contribution in [1.29, 1.82) is 0 Å². The summed E-state index contributed by atoms with van der Waals surface area (Å²) < 4.78 is 0. The standard InChI is InChI=1S/C10H17N/c1-8-4-2-5-9-6-3-7-11-10(8)9/h8-9H,2-7H2,1H3/t8-,9+/m0/s1. The molecule has 1 nitrogen and oxygen atoms in total. The van der Waals surface area contributed by atoms with Gasteiger partial charge < -0.3 is 0 Å². The molecule has 0 saturated heterocycles. The van der Waals surface area contributed by atoms with Crippen molar-refractivity contribution in [2.24, 2.45) is 16.8 Å². The van der Waals surface area contributed by atoms with E-state index in [1.165, 1.54) is 32.1 Å². The fourth-order valence-electron chi connectivity index (χ4n) is 2.49. The summed E-state index contributed by atoms with van der Waals surface area (Å²) in [4.78, 5) is 4.65. The molecule has 0 aromatic heterocycles. The van der Waals surface area contributed by atoms with Gasteiger partial charge in [-0.05, 0) is 37.5 Å². The van der Waals surface area contributed by atoms with E-state index in [0.717, 1.165) is 18.4 Å². The molecule has 2 rings (SSSR count). The number of hydrogen-bond donors (Lipinski definition) is 0. The van der Waals surface area contributed by atoms with Crippen LogP contribution in [0.5, 0.6) is 0 Å². The molecule has 0 aromatic rings. The Morgan fingerprint density at radius 2 is 2.00 bits per heavy atom. The van der Waals surface area contributed by atoms with Crippen LogP contribution >= 0.6 is 0 Å². The van der Waals surface area contributed by atoms with Crippen molar-refractivity contribution in [1.82, 2.24) is 0 Å². The molecule has 2 aliphatic rings. The van der Waals surface area contributed by atoms with E-state index in [1.807, 2.05) is 0 Å². The van der Waals surface area contributed by atoms with Gasteiger partial charge in [0.2, 0.25) is 0 Å². The molecule has 0 radical (unpaired) electrons. The molecule has 0 amide bonds. The van der Waals surface area contributed by atoms with E-state index in [2.05, 4.69) is 11.9 Å². The molecule has 0 unspecified atom stereocenters. The Bertz CT molecular complexity index is 172. The Balaban J connectivity index is 2.14. The number of rotatable bonds is 0. The lowest BCUT2D eigenvalue weighted by Gasteiger charge is -2.31. The van der Waals surface area contributed by atoms with Crippen LogP contribution in [0.4, 0.5) is 0 Å². The van der Waals surface area contributed by atoms with Crippen LogP contribution in [0.25, 0.3) is 0 Å². The molecule has 62 valence electrons. The highest BCUT2D eigenvalue weighted by Crippen LogP contribution is 2.31. The SMILES string of the molecule is C[C@H]1CCC[C@@H]2CCCN=C21. The molecule has 2 atom stereocenters. The van der Waals surface area contributed by atoms with E-state index in [0.29, 0.717) is 0 Å². The molecule has 1 aliphatic carbocycles. The normalized spacial score (nSPS) is 37.7. The van der Waals surface area contributed by atoms with Crippen molar-refractivity contribution in [2.45, 2.75) is 39.0 Å². The first-order valence-electron chi connectivity index (χ1n) is 4.92. The average molecular weight is 151 g/mol. The second kappa shape index (κ2) is 2.96. The molecule has 1 aliphatic heterocycles. The monoisotopic (exact) mass is 151 g/mol. The van der Waals surface area contributed by atoms with Gasteiger partial charge in [-0.15, -0.1) is 0 Å². The number of fused-ring (bicyclic) bond motifs is 1. The molecule has 1 fully saturated rings. The van der Waals surface area contributed by atoms with Gasteiger partial charge in [-0.2, -0.15) is 0 Å². The smallest absolute Gasteiger partial charge is 0.0389 e. The van der Waals surface area contributed by atoms with Gasteiger partial charge in [0.15, 0.2) is 0 Å². The van der Waals surface area contributed by atoms with Gasteiger partial charge in [0.05, 0.1) is 0 Å². The third-order valence-electron chi connectivity index (χ3n) is 3.12. The highest BCUT2D eigenvalue weighted by Gasteiger charge is 2.27. The summed E-state index contributed by atoms with van der Waals surface area (Å²) in [5.74, 6) is 1.68. The molecule has 0 bridgehead atoms. The average Bonchev–Trinajstić information content (AvgIpc) is 2.06. The van der Waals surface area contributed by atoms with E-state index in [9.17, 15) is 0 Å². The summed E-state index contributed by atoms with van der Waals surface area (Å²) >= 11 is 0. The zero-order valence-corrected chi connectivity index (χ0v) is 7.34. The largest absolute Gasteiger partial charge is 0.294 e. The molecule has 0 spiro atoms. The van der Waals surface area contributed by atoms with Crippen LogP contribution in [0.3, 0.4) is 0 Å². The topological polar surface area (TPSA) is 12.4 Å². The van der Waals surface area contributed by atoms with Gasteiger partial charge in [0.25, 0.3) is 0 Å². The van der Waals surface area contributed by atoms with E-state index < -0.39 is 0 Å². The third-order valence-corrected chi connectivity index (χ3v) is 3.12. The van der Waals surface area contributed by atoms with Crippen molar-refractivity contribution < 1.29 is 0 Å². The van der Waals surface area contributed by atoms with Gasteiger partial charge in [-0.25, -0.2) is 0 Å². The Kier molecular flexibility index (Phi) is 1.97. The minimum Gasteiger partial charge on any atom is -0.294 e. The van der Waals surface area contributed by atoms with Gasteiger partial charge in [0.1, 0.15) is 0 Å². The molecular formula is C10H17N. The van der Waals surface area contributed by atoms with E-state index >= 15 is 0 Å². The first-order chi connectivity index (χ1) is 5.38. The van der Waals surface area contributed by atoms with Crippen LogP contribution < -0.4 is 0 Å². The maximum Gasteiger partial charge on any atom is 0.0389 e. The van der Waals surface area contributed by atoms with Gasteiger partial charge in [-0.1, -0.05) is 13.3 Å². The fourth-order valence-corrected chi connectivity index (χ4v) is 2.49. The fraction of sp³-hybridized carbons (Fsp3) is 0.900. The third kappa shape index (κ3) is 1.33.